The summed E-state index contributed by atoms with van der Waals surface area (Å²) in [5.41, 5.74) is 9.24. The molecule has 9 rings (SSSR count). The predicted octanol–water partition coefficient (Wildman–Crippen LogP) is 9.55. The molecule has 5 aromatic carbocycles. The molecule has 0 spiro atoms. The Morgan fingerprint density at radius 2 is 1.10 bits per heavy atom. The smallest absolute Gasteiger partial charge is 0.124 e. The maximum absolute atomic E-state index is 4.84. The van der Waals surface area contributed by atoms with Crippen LogP contribution in [0.4, 0.5) is 0 Å². The van der Waals surface area contributed by atoms with Crippen LogP contribution in [-0.2, 0) is 0 Å². The molecule has 4 aromatic heterocycles. The van der Waals surface area contributed by atoms with Crippen LogP contribution < -0.4 is 0 Å². The van der Waals surface area contributed by atoms with E-state index in [4.69, 9.17) is 4.98 Å². The van der Waals surface area contributed by atoms with Crippen molar-refractivity contribution in [3.05, 3.63) is 134 Å². The Morgan fingerprint density at radius 3 is 1.73 bits per heavy atom. The summed E-state index contributed by atoms with van der Waals surface area (Å²) in [6.07, 6.45) is 3.68. The minimum absolute atomic E-state index is 0.991. The van der Waals surface area contributed by atoms with Crippen molar-refractivity contribution in [2.24, 2.45) is 0 Å². The molecular weight excluding hydrogens is 520 g/mol. The van der Waals surface area contributed by atoms with Gasteiger partial charge in [0.1, 0.15) is 5.01 Å². The first-order valence-electron chi connectivity index (χ1n) is 13.7. The third-order valence-electron chi connectivity index (χ3n) is 8.04. The fourth-order valence-corrected chi connectivity index (χ4v) is 7.16. The van der Waals surface area contributed by atoms with Gasteiger partial charge in [-0.25, -0.2) is 4.98 Å². The topological polar surface area (TPSA) is 35.6 Å². The maximum Gasteiger partial charge on any atom is 0.124 e. The predicted molar refractivity (Wildman–Crippen MR) is 172 cm³/mol. The fourth-order valence-electron chi connectivity index (χ4n) is 6.22. The molecule has 4 nitrogen and oxygen atoms in total. The van der Waals surface area contributed by atoms with E-state index in [2.05, 4.69) is 129 Å². The molecule has 0 aliphatic rings. The van der Waals surface area contributed by atoms with Gasteiger partial charge in [0.25, 0.3) is 0 Å². The van der Waals surface area contributed by atoms with E-state index in [0.717, 1.165) is 26.5 Å². The summed E-state index contributed by atoms with van der Waals surface area (Å²) < 4.78 is 5.89. The van der Waals surface area contributed by atoms with Gasteiger partial charge in [-0.15, -0.1) is 11.3 Å². The van der Waals surface area contributed by atoms with E-state index >= 15 is 0 Å². The number of hydrogen-bond donors (Lipinski definition) is 0. The average Bonchev–Trinajstić information content (AvgIpc) is 3.71. The lowest BCUT2D eigenvalue weighted by Gasteiger charge is -2.09. The highest BCUT2D eigenvalue weighted by Gasteiger charge is 2.18. The molecule has 0 atom stereocenters. The highest BCUT2D eigenvalue weighted by molar-refractivity contribution is 7.21. The number of para-hydroxylation sites is 3. The minimum Gasteiger partial charge on any atom is -0.309 e. The lowest BCUT2D eigenvalue weighted by atomic mass is 10.1. The first kappa shape index (κ1) is 22.5. The van der Waals surface area contributed by atoms with Gasteiger partial charge in [0.2, 0.25) is 0 Å². The molecule has 192 valence electrons. The zero-order valence-electron chi connectivity index (χ0n) is 21.9. The van der Waals surface area contributed by atoms with Crippen molar-refractivity contribution in [3.63, 3.8) is 0 Å². The second kappa shape index (κ2) is 8.62. The van der Waals surface area contributed by atoms with Gasteiger partial charge in [0, 0.05) is 50.9 Å². The van der Waals surface area contributed by atoms with Crippen LogP contribution in [0.2, 0.25) is 0 Å². The number of hydrogen-bond acceptors (Lipinski definition) is 3. The second-order valence-corrected chi connectivity index (χ2v) is 11.4. The van der Waals surface area contributed by atoms with Crippen LogP contribution in [0.15, 0.2) is 134 Å². The van der Waals surface area contributed by atoms with Gasteiger partial charge in [0.05, 0.1) is 32.3 Å². The van der Waals surface area contributed by atoms with Crippen LogP contribution in [0.3, 0.4) is 0 Å². The Bertz CT molecular complexity index is 2380. The van der Waals surface area contributed by atoms with E-state index in [1.807, 2.05) is 12.3 Å². The summed E-state index contributed by atoms with van der Waals surface area (Å²) in [7, 11) is 0. The summed E-state index contributed by atoms with van der Waals surface area (Å²) in [5.74, 6) is 0. The Morgan fingerprint density at radius 1 is 0.512 bits per heavy atom. The molecule has 9 aromatic rings. The van der Waals surface area contributed by atoms with E-state index in [1.54, 1.807) is 17.5 Å². The van der Waals surface area contributed by atoms with Crippen LogP contribution in [0, 0.1) is 0 Å². The SMILES string of the molecule is c1ccc(-n2c3ccccc3c3cc4c(cc32)c2ccccc2n4-c2ccc(-c3nc4ccncc4s3)cc2)cc1. The first-order valence-corrected chi connectivity index (χ1v) is 14.5. The van der Waals surface area contributed by atoms with Crippen LogP contribution >= 0.6 is 11.3 Å². The van der Waals surface area contributed by atoms with E-state index in [9.17, 15) is 0 Å². The van der Waals surface area contributed by atoms with Crippen molar-refractivity contribution in [3.8, 4) is 21.9 Å². The number of rotatable bonds is 3. The average molecular weight is 543 g/mol. The number of thiazole rings is 1. The largest absolute Gasteiger partial charge is 0.309 e. The maximum atomic E-state index is 4.84. The van der Waals surface area contributed by atoms with Crippen molar-refractivity contribution >= 4 is 65.2 Å². The van der Waals surface area contributed by atoms with Gasteiger partial charge in [0.15, 0.2) is 0 Å². The van der Waals surface area contributed by atoms with Crippen LogP contribution in [0.25, 0.3) is 75.8 Å². The van der Waals surface area contributed by atoms with Crippen LogP contribution in [0.5, 0.6) is 0 Å². The number of benzene rings is 5. The molecule has 41 heavy (non-hydrogen) atoms. The van der Waals surface area contributed by atoms with Gasteiger partial charge in [-0.05, 0) is 66.7 Å². The lowest BCUT2D eigenvalue weighted by molar-refractivity contribution is 1.17. The monoisotopic (exact) mass is 542 g/mol. The third-order valence-corrected chi connectivity index (χ3v) is 9.10. The molecule has 0 aliphatic carbocycles. The van der Waals surface area contributed by atoms with Gasteiger partial charge in [-0.1, -0.05) is 54.6 Å². The molecule has 0 saturated heterocycles. The molecule has 0 amide bonds. The minimum atomic E-state index is 0.991. The van der Waals surface area contributed by atoms with Gasteiger partial charge in [-0.2, -0.15) is 0 Å². The van der Waals surface area contributed by atoms with Crippen molar-refractivity contribution in [1.29, 1.82) is 0 Å². The zero-order valence-corrected chi connectivity index (χ0v) is 22.7. The first-order chi connectivity index (χ1) is 20.3. The normalized spacial score (nSPS) is 11.9. The Labute approximate surface area is 239 Å². The molecule has 0 bridgehead atoms. The van der Waals surface area contributed by atoms with Gasteiger partial charge < -0.3 is 9.13 Å². The van der Waals surface area contributed by atoms with E-state index in [1.165, 1.54) is 49.3 Å². The number of nitrogens with zero attached hydrogens (tertiary/aromatic N) is 4. The highest BCUT2D eigenvalue weighted by Crippen LogP contribution is 2.40. The van der Waals surface area contributed by atoms with Gasteiger partial charge >= 0.3 is 0 Å². The van der Waals surface area contributed by atoms with Crippen LogP contribution in [0.1, 0.15) is 0 Å². The quantitative estimate of drug-likeness (QED) is 0.223. The Hall–Kier alpha value is -5.26. The number of aromatic nitrogens is 4. The molecule has 0 radical (unpaired) electrons. The van der Waals surface area contributed by atoms with Crippen molar-refractivity contribution in [2.75, 3.05) is 0 Å². The molecule has 0 saturated carbocycles. The van der Waals surface area contributed by atoms with Crippen LogP contribution in [-0.4, -0.2) is 19.1 Å². The second-order valence-electron chi connectivity index (χ2n) is 10.3. The molecule has 0 N–H and O–H groups in total. The number of fused-ring (bicyclic) bond motifs is 7. The Kier molecular flexibility index (Phi) is 4.74. The summed E-state index contributed by atoms with van der Waals surface area (Å²) in [4.78, 5) is 9.09. The zero-order chi connectivity index (χ0) is 26.9. The molecule has 5 heteroatoms. The standard InChI is InChI=1S/C36H22N4S/c1-2-8-24(9-3-1)39-31-12-6-4-10-26(31)28-21-34-29(20-33(28)39)27-11-5-7-13-32(27)40(34)25-16-14-23(15-17-25)36-38-30-18-19-37-22-35(30)41-36/h1-22H. The molecule has 0 fully saturated rings. The van der Waals surface area contributed by atoms with Crippen molar-refractivity contribution in [2.45, 2.75) is 0 Å². The highest BCUT2D eigenvalue weighted by atomic mass is 32.1. The summed E-state index contributed by atoms with van der Waals surface area (Å²) in [5, 5.41) is 6.01. The van der Waals surface area contributed by atoms with E-state index in [0.29, 0.717) is 0 Å². The Balaban J connectivity index is 1.30. The van der Waals surface area contributed by atoms with Crippen molar-refractivity contribution < 1.29 is 0 Å². The van der Waals surface area contributed by atoms with Gasteiger partial charge in [-0.3, -0.25) is 4.98 Å². The molecule has 0 unspecified atom stereocenters. The number of pyridine rings is 1. The third kappa shape index (κ3) is 3.33. The van der Waals surface area contributed by atoms with E-state index in [-0.39, 0.29) is 0 Å². The summed E-state index contributed by atoms with van der Waals surface area (Å²) in [6, 6.07) is 43.6. The molecular formula is C36H22N4S. The van der Waals surface area contributed by atoms with E-state index < -0.39 is 0 Å². The summed E-state index contributed by atoms with van der Waals surface area (Å²) >= 11 is 1.68. The lowest BCUT2D eigenvalue weighted by Crippen LogP contribution is -1.94. The van der Waals surface area contributed by atoms with Crippen molar-refractivity contribution in [1.82, 2.24) is 19.1 Å². The molecule has 0 aliphatic heterocycles. The summed E-state index contributed by atoms with van der Waals surface area (Å²) in [6.45, 7) is 0. The fraction of sp³-hybridized carbons (Fsp3) is 0. The molecule has 4 heterocycles.